The number of aromatic nitrogens is 2. The number of rotatable bonds is 8. The second-order valence-corrected chi connectivity index (χ2v) is 10.7. The molecule has 3 rings (SSSR count). The van der Waals surface area contributed by atoms with Gasteiger partial charge in [-0.05, 0) is 43.4 Å². The van der Waals surface area contributed by atoms with Gasteiger partial charge in [-0.15, -0.1) is 0 Å². The van der Waals surface area contributed by atoms with Gasteiger partial charge in [-0.25, -0.2) is 9.59 Å². The van der Waals surface area contributed by atoms with Crippen molar-refractivity contribution in [1.82, 2.24) is 19.8 Å². The average molecular weight is 491 g/mol. The quantitative estimate of drug-likeness (QED) is 0.472. The molecule has 0 unspecified atom stereocenters. The first-order valence-corrected chi connectivity index (χ1v) is 12.5. The van der Waals surface area contributed by atoms with Crippen molar-refractivity contribution in [2.24, 2.45) is 17.8 Å². The number of aromatic amines is 1. The Kier molecular flexibility index (Phi) is 7.76. The van der Waals surface area contributed by atoms with Gasteiger partial charge in [0, 0.05) is 13.1 Å². The highest BCUT2D eigenvalue weighted by molar-refractivity contribution is 6.10. The lowest BCUT2D eigenvalue weighted by Gasteiger charge is -2.34. The zero-order valence-corrected chi connectivity index (χ0v) is 21.3. The number of carbonyl (C=O) groups excluding carboxylic acids is 3. The SMILES string of the molecule is CCC1CCC2(CC1)NC(=O)N(CC(=O)N(CC(C)C)c1c(N)n(CC(C)C)c(=O)[nH]c1=O)C2=O. The molecule has 4 N–H and O–H groups in total. The first-order valence-electron chi connectivity index (χ1n) is 12.5. The van der Waals surface area contributed by atoms with Gasteiger partial charge in [-0.1, -0.05) is 41.0 Å². The van der Waals surface area contributed by atoms with Crippen LogP contribution in [-0.2, 0) is 16.1 Å². The fourth-order valence-corrected chi connectivity index (χ4v) is 5.03. The molecule has 0 bridgehead atoms. The number of H-pyrrole nitrogens is 1. The number of nitrogens with one attached hydrogen (secondary N) is 2. The number of anilines is 2. The van der Waals surface area contributed by atoms with Crippen LogP contribution in [0.2, 0.25) is 0 Å². The van der Waals surface area contributed by atoms with Gasteiger partial charge >= 0.3 is 11.7 Å². The molecule has 0 aromatic carbocycles. The Morgan fingerprint density at radius 1 is 1.11 bits per heavy atom. The maximum absolute atomic E-state index is 13.5. The molecule has 0 radical (unpaired) electrons. The van der Waals surface area contributed by atoms with Crippen molar-refractivity contribution in [3.63, 3.8) is 0 Å². The zero-order valence-electron chi connectivity index (χ0n) is 21.3. The summed E-state index contributed by atoms with van der Waals surface area (Å²) in [6.45, 7) is 9.51. The van der Waals surface area contributed by atoms with E-state index in [2.05, 4.69) is 17.2 Å². The van der Waals surface area contributed by atoms with Gasteiger partial charge in [0.1, 0.15) is 17.9 Å². The molecule has 2 fully saturated rings. The Morgan fingerprint density at radius 2 is 1.74 bits per heavy atom. The standard InChI is InChI=1S/C24H38N6O5/c1-6-16-7-9-24(10-8-16)21(33)30(23(35)27-24)13-17(31)28(11-14(2)3)18-19(25)29(12-15(4)5)22(34)26-20(18)32/h14-16H,6-13,25H2,1-5H3,(H,27,35)(H,26,32,34). The molecule has 1 aromatic rings. The topological polar surface area (TPSA) is 151 Å². The first-order chi connectivity index (χ1) is 16.4. The summed E-state index contributed by atoms with van der Waals surface area (Å²) in [5.74, 6) is -0.600. The van der Waals surface area contributed by atoms with Gasteiger partial charge in [0.05, 0.1) is 0 Å². The summed E-state index contributed by atoms with van der Waals surface area (Å²) >= 11 is 0. The number of urea groups is 1. The summed E-state index contributed by atoms with van der Waals surface area (Å²) in [5.41, 5.74) is 3.69. The van der Waals surface area contributed by atoms with E-state index in [0.29, 0.717) is 18.8 Å². The van der Waals surface area contributed by atoms with Crippen molar-refractivity contribution in [2.75, 3.05) is 23.7 Å². The Balaban J connectivity index is 1.91. The summed E-state index contributed by atoms with van der Waals surface area (Å²) in [6, 6.07) is -0.602. The Labute approximate surface area is 205 Å². The molecule has 1 aromatic heterocycles. The van der Waals surface area contributed by atoms with Crippen LogP contribution in [0.5, 0.6) is 0 Å². The van der Waals surface area contributed by atoms with E-state index in [4.69, 9.17) is 5.73 Å². The number of nitrogens with two attached hydrogens (primary N) is 1. The Hall–Kier alpha value is -3.11. The highest BCUT2D eigenvalue weighted by Crippen LogP contribution is 2.37. The minimum Gasteiger partial charge on any atom is -0.383 e. The second-order valence-electron chi connectivity index (χ2n) is 10.7. The molecule has 35 heavy (non-hydrogen) atoms. The zero-order chi connectivity index (χ0) is 26.1. The summed E-state index contributed by atoms with van der Waals surface area (Å²) in [4.78, 5) is 69.1. The molecular weight excluding hydrogens is 452 g/mol. The van der Waals surface area contributed by atoms with Crippen LogP contribution in [0.3, 0.4) is 0 Å². The van der Waals surface area contributed by atoms with Crippen molar-refractivity contribution in [3.8, 4) is 0 Å². The third-order valence-corrected chi connectivity index (χ3v) is 6.96. The predicted molar refractivity (Wildman–Crippen MR) is 133 cm³/mol. The second kappa shape index (κ2) is 10.2. The Bertz CT molecular complexity index is 1100. The molecule has 1 aliphatic carbocycles. The lowest BCUT2D eigenvalue weighted by molar-refractivity contribution is -0.135. The van der Waals surface area contributed by atoms with Gasteiger partial charge < -0.3 is 16.0 Å². The van der Waals surface area contributed by atoms with E-state index < -0.39 is 41.2 Å². The smallest absolute Gasteiger partial charge is 0.330 e. The van der Waals surface area contributed by atoms with Crippen LogP contribution in [0.4, 0.5) is 16.3 Å². The van der Waals surface area contributed by atoms with Gasteiger partial charge in [-0.2, -0.15) is 0 Å². The fourth-order valence-electron chi connectivity index (χ4n) is 5.03. The summed E-state index contributed by atoms with van der Waals surface area (Å²) in [6.07, 6.45) is 3.80. The molecule has 2 aliphatic rings. The van der Waals surface area contributed by atoms with Gasteiger partial charge in [0.25, 0.3) is 11.5 Å². The van der Waals surface area contributed by atoms with E-state index in [1.807, 2.05) is 27.7 Å². The van der Waals surface area contributed by atoms with E-state index in [1.165, 1.54) is 9.47 Å². The number of carbonyl (C=O) groups is 3. The number of nitrogens with zero attached hydrogens (tertiary/aromatic N) is 3. The van der Waals surface area contributed by atoms with Crippen LogP contribution in [-0.4, -0.2) is 50.9 Å². The fraction of sp³-hybridized carbons (Fsp3) is 0.708. The van der Waals surface area contributed by atoms with Crippen molar-refractivity contribution in [2.45, 2.75) is 78.8 Å². The molecule has 2 heterocycles. The molecule has 4 amide bonds. The highest BCUT2D eigenvalue weighted by Gasteiger charge is 2.52. The van der Waals surface area contributed by atoms with Crippen molar-refractivity contribution >= 4 is 29.4 Å². The van der Waals surface area contributed by atoms with Crippen molar-refractivity contribution in [3.05, 3.63) is 20.8 Å². The third kappa shape index (κ3) is 5.28. The van der Waals surface area contributed by atoms with Crippen LogP contribution in [0.15, 0.2) is 9.59 Å². The van der Waals surface area contributed by atoms with E-state index in [0.717, 1.165) is 24.2 Å². The molecule has 1 aliphatic heterocycles. The summed E-state index contributed by atoms with van der Waals surface area (Å²) in [7, 11) is 0. The third-order valence-electron chi connectivity index (χ3n) is 6.96. The van der Waals surface area contributed by atoms with Crippen LogP contribution in [0, 0.1) is 17.8 Å². The molecule has 11 heteroatoms. The Morgan fingerprint density at radius 3 is 2.29 bits per heavy atom. The van der Waals surface area contributed by atoms with Crippen molar-refractivity contribution < 1.29 is 14.4 Å². The highest BCUT2D eigenvalue weighted by atomic mass is 16.2. The number of hydrogen-bond donors (Lipinski definition) is 3. The summed E-state index contributed by atoms with van der Waals surface area (Å²) < 4.78 is 1.23. The van der Waals surface area contributed by atoms with Crippen LogP contribution in [0.1, 0.15) is 66.7 Å². The maximum atomic E-state index is 13.5. The average Bonchev–Trinajstić information content (AvgIpc) is 3.00. The number of hydrogen-bond acceptors (Lipinski definition) is 6. The van der Waals surface area contributed by atoms with Crippen LogP contribution >= 0.6 is 0 Å². The largest absolute Gasteiger partial charge is 0.383 e. The molecule has 1 saturated heterocycles. The van der Waals surface area contributed by atoms with Gasteiger partial charge in [0.15, 0.2) is 5.69 Å². The maximum Gasteiger partial charge on any atom is 0.330 e. The van der Waals surface area contributed by atoms with E-state index in [1.54, 1.807) is 0 Å². The molecular formula is C24H38N6O5. The first kappa shape index (κ1) is 26.5. The molecule has 1 spiro atoms. The lowest BCUT2D eigenvalue weighted by atomic mass is 9.75. The van der Waals surface area contributed by atoms with E-state index in [-0.39, 0.29) is 36.4 Å². The van der Waals surface area contributed by atoms with Crippen molar-refractivity contribution in [1.29, 1.82) is 0 Å². The predicted octanol–water partition coefficient (Wildman–Crippen LogP) is 1.65. The van der Waals surface area contributed by atoms with E-state index >= 15 is 0 Å². The molecule has 1 saturated carbocycles. The molecule has 0 atom stereocenters. The minimum absolute atomic E-state index is 0.0537. The number of imide groups is 1. The molecule has 11 nitrogen and oxygen atoms in total. The monoisotopic (exact) mass is 490 g/mol. The van der Waals surface area contributed by atoms with Crippen LogP contribution < -0.4 is 27.2 Å². The normalized spacial score (nSPS) is 22.4. The summed E-state index contributed by atoms with van der Waals surface area (Å²) in [5, 5.41) is 2.83. The minimum atomic E-state index is -0.965. The van der Waals surface area contributed by atoms with E-state index in [9.17, 15) is 24.0 Å². The molecule has 194 valence electrons. The number of amides is 4. The number of nitrogen functional groups attached to an aromatic ring is 1. The van der Waals surface area contributed by atoms with Gasteiger partial charge in [0.2, 0.25) is 5.91 Å². The van der Waals surface area contributed by atoms with Gasteiger partial charge in [-0.3, -0.25) is 28.8 Å². The lowest BCUT2D eigenvalue weighted by Crippen LogP contribution is -2.51. The van der Waals surface area contributed by atoms with Crippen LogP contribution in [0.25, 0.3) is 0 Å².